The van der Waals surface area contributed by atoms with Gasteiger partial charge in [-0.1, -0.05) is 70.2 Å². The van der Waals surface area contributed by atoms with Gasteiger partial charge in [-0.05, 0) is 84.7 Å². The van der Waals surface area contributed by atoms with Crippen LogP contribution in [-0.2, 0) is 0 Å². The largest absolute Gasteiger partial charge is 0.455 e. The molecule has 1 aliphatic heterocycles. The van der Waals surface area contributed by atoms with Crippen molar-refractivity contribution in [3.05, 3.63) is 101 Å². The molecule has 1 aliphatic carbocycles. The second-order valence-electron chi connectivity index (χ2n) is 12.2. The molecule has 6 rings (SSSR count). The smallest absolute Gasteiger partial charge is 0.148 e. The summed E-state index contributed by atoms with van der Waals surface area (Å²) in [6, 6.07) is 25.8. The van der Waals surface area contributed by atoms with Crippen LogP contribution in [0, 0.1) is 5.41 Å². The van der Waals surface area contributed by atoms with Gasteiger partial charge in [0.15, 0.2) is 0 Å². The molecular weight excluding hydrogens is 466 g/mol. The predicted octanol–water partition coefficient (Wildman–Crippen LogP) is 8.86. The van der Waals surface area contributed by atoms with Crippen LogP contribution < -0.4 is 5.01 Å². The second-order valence-corrected chi connectivity index (χ2v) is 12.2. The van der Waals surface area contributed by atoms with Crippen LogP contribution >= 0.6 is 0 Å². The Morgan fingerprint density at radius 1 is 0.842 bits per heavy atom. The standard InChI is InChI=1S/C34H37N3O/c1-21-26-12-8-9-14-28(26)32(33(21,4)5)36-23(3)31-19-25-18-24(16-17-30(25)38-31)20-35-37-29-15-11-10-13-27(29)22(2)34(37,6)7/h8-22,32H,1-7H3/b35-20+,36-23?. The van der Waals surface area contributed by atoms with Crippen LogP contribution in [0.15, 0.2) is 87.3 Å². The van der Waals surface area contributed by atoms with Crippen molar-refractivity contribution in [1.82, 2.24) is 0 Å². The van der Waals surface area contributed by atoms with Gasteiger partial charge in [0.1, 0.15) is 11.3 Å². The Kier molecular flexibility index (Phi) is 5.64. The van der Waals surface area contributed by atoms with E-state index >= 15 is 0 Å². The molecule has 3 unspecified atom stereocenters. The molecular formula is C34H37N3O. The summed E-state index contributed by atoms with van der Waals surface area (Å²) in [6.07, 6.45) is 1.96. The molecule has 0 fully saturated rings. The zero-order chi connectivity index (χ0) is 26.8. The van der Waals surface area contributed by atoms with Crippen molar-refractivity contribution in [1.29, 1.82) is 0 Å². The number of aliphatic imine (C=N–C) groups is 1. The first-order chi connectivity index (χ1) is 18.1. The molecule has 0 radical (unpaired) electrons. The Bertz CT molecular complexity index is 1590. The maximum absolute atomic E-state index is 6.26. The van der Waals surface area contributed by atoms with E-state index in [9.17, 15) is 0 Å². The molecule has 3 aromatic carbocycles. The lowest BCUT2D eigenvalue weighted by atomic mass is 9.78. The van der Waals surface area contributed by atoms with E-state index in [4.69, 9.17) is 14.5 Å². The van der Waals surface area contributed by atoms with E-state index in [0.29, 0.717) is 11.8 Å². The van der Waals surface area contributed by atoms with Crippen LogP contribution in [-0.4, -0.2) is 17.5 Å². The van der Waals surface area contributed by atoms with Crippen molar-refractivity contribution in [2.24, 2.45) is 15.5 Å². The van der Waals surface area contributed by atoms with Gasteiger partial charge in [-0.2, -0.15) is 5.10 Å². The molecule has 2 heterocycles. The normalized spacial score (nSPS) is 23.8. The number of furan rings is 1. The van der Waals surface area contributed by atoms with Crippen LogP contribution in [0.2, 0.25) is 0 Å². The molecule has 0 saturated heterocycles. The third kappa shape index (κ3) is 3.73. The predicted molar refractivity (Wildman–Crippen MR) is 159 cm³/mol. The number of benzene rings is 3. The molecule has 0 N–H and O–H groups in total. The summed E-state index contributed by atoms with van der Waals surface area (Å²) in [5.74, 6) is 1.68. The van der Waals surface area contributed by atoms with Gasteiger partial charge in [-0.15, -0.1) is 0 Å². The van der Waals surface area contributed by atoms with Crippen LogP contribution in [0.25, 0.3) is 11.0 Å². The summed E-state index contributed by atoms with van der Waals surface area (Å²) >= 11 is 0. The number of nitrogens with zero attached hydrogens (tertiary/aromatic N) is 3. The molecule has 38 heavy (non-hydrogen) atoms. The van der Waals surface area contributed by atoms with Crippen LogP contribution in [0.3, 0.4) is 0 Å². The summed E-state index contributed by atoms with van der Waals surface area (Å²) in [5.41, 5.74) is 8.07. The lowest BCUT2D eigenvalue weighted by molar-refractivity contribution is 0.272. The number of hydrogen-bond acceptors (Lipinski definition) is 4. The molecule has 0 saturated carbocycles. The molecule has 4 heteroatoms. The fourth-order valence-corrected chi connectivity index (χ4v) is 6.26. The van der Waals surface area contributed by atoms with Crippen LogP contribution in [0.5, 0.6) is 0 Å². The van der Waals surface area contributed by atoms with Gasteiger partial charge in [0.25, 0.3) is 0 Å². The van der Waals surface area contributed by atoms with Gasteiger partial charge in [0.2, 0.25) is 0 Å². The van der Waals surface area contributed by atoms with E-state index < -0.39 is 0 Å². The highest BCUT2D eigenvalue weighted by atomic mass is 16.3. The lowest BCUT2D eigenvalue weighted by Crippen LogP contribution is -2.39. The first-order valence-corrected chi connectivity index (χ1v) is 13.7. The highest BCUT2D eigenvalue weighted by molar-refractivity contribution is 6.00. The lowest BCUT2D eigenvalue weighted by Gasteiger charge is -2.32. The first-order valence-electron chi connectivity index (χ1n) is 13.7. The molecule has 0 spiro atoms. The maximum Gasteiger partial charge on any atom is 0.148 e. The third-order valence-corrected chi connectivity index (χ3v) is 9.36. The summed E-state index contributed by atoms with van der Waals surface area (Å²) in [7, 11) is 0. The van der Waals surface area contributed by atoms with Gasteiger partial charge in [-0.25, -0.2) is 0 Å². The van der Waals surface area contributed by atoms with Crippen LogP contribution in [0.1, 0.15) is 94.4 Å². The Labute approximate surface area is 226 Å². The Hall–Kier alpha value is -3.66. The minimum atomic E-state index is -0.0925. The molecule has 4 nitrogen and oxygen atoms in total. The Morgan fingerprint density at radius 2 is 1.53 bits per heavy atom. The average Bonchev–Trinajstić information content (AvgIpc) is 3.47. The van der Waals surface area contributed by atoms with E-state index in [-0.39, 0.29) is 17.0 Å². The molecule has 0 amide bonds. The van der Waals surface area contributed by atoms with E-state index in [1.54, 1.807) is 0 Å². The number of hydrogen-bond donors (Lipinski definition) is 0. The van der Waals surface area contributed by atoms with E-state index in [0.717, 1.165) is 28.0 Å². The number of rotatable bonds is 4. The zero-order valence-electron chi connectivity index (χ0n) is 23.5. The van der Waals surface area contributed by atoms with Crippen molar-refractivity contribution >= 4 is 28.6 Å². The van der Waals surface area contributed by atoms with Crippen molar-refractivity contribution in [2.45, 2.75) is 71.9 Å². The molecule has 194 valence electrons. The topological polar surface area (TPSA) is 41.1 Å². The van der Waals surface area contributed by atoms with Crippen molar-refractivity contribution < 1.29 is 4.42 Å². The van der Waals surface area contributed by atoms with Crippen molar-refractivity contribution in [3.63, 3.8) is 0 Å². The van der Waals surface area contributed by atoms with Gasteiger partial charge in [-0.3, -0.25) is 10.0 Å². The summed E-state index contributed by atoms with van der Waals surface area (Å²) in [4.78, 5) is 5.23. The number of anilines is 1. The molecule has 4 aromatic rings. The summed E-state index contributed by atoms with van der Waals surface area (Å²) in [5, 5.41) is 8.18. The summed E-state index contributed by atoms with van der Waals surface area (Å²) in [6.45, 7) is 15.8. The van der Waals surface area contributed by atoms with Gasteiger partial charge < -0.3 is 4.42 Å². The SMILES string of the molecule is CC(=NC1c2ccccc2C(C)C1(C)C)c1cc2cc(/C=N/N3c4ccccc4C(C)C3(C)C)ccc2o1. The number of fused-ring (bicyclic) bond motifs is 3. The Morgan fingerprint density at radius 3 is 2.29 bits per heavy atom. The quantitative estimate of drug-likeness (QED) is 0.261. The van der Waals surface area contributed by atoms with Gasteiger partial charge >= 0.3 is 0 Å². The minimum absolute atomic E-state index is 0.0417. The summed E-state index contributed by atoms with van der Waals surface area (Å²) < 4.78 is 6.26. The third-order valence-electron chi connectivity index (χ3n) is 9.36. The molecule has 1 aromatic heterocycles. The maximum atomic E-state index is 6.26. The first kappa shape index (κ1) is 24.7. The number of para-hydroxylation sites is 1. The fourth-order valence-electron chi connectivity index (χ4n) is 6.26. The van der Waals surface area contributed by atoms with E-state index in [2.05, 4.69) is 120 Å². The van der Waals surface area contributed by atoms with Gasteiger partial charge in [0.05, 0.1) is 29.2 Å². The van der Waals surface area contributed by atoms with Gasteiger partial charge in [0, 0.05) is 11.3 Å². The van der Waals surface area contributed by atoms with E-state index in [1.807, 2.05) is 12.3 Å². The molecule has 3 atom stereocenters. The van der Waals surface area contributed by atoms with Crippen LogP contribution in [0.4, 0.5) is 5.69 Å². The monoisotopic (exact) mass is 503 g/mol. The highest BCUT2D eigenvalue weighted by Crippen LogP contribution is 2.55. The second kappa shape index (κ2) is 8.69. The fraction of sp³-hybridized carbons (Fsp3) is 0.353. The van der Waals surface area contributed by atoms with E-state index in [1.165, 1.54) is 22.4 Å². The average molecular weight is 504 g/mol. The molecule has 0 bridgehead atoms. The highest BCUT2D eigenvalue weighted by Gasteiger charge is 2.45. The van der Waals surface area contributed by atoms with Crippen molar-refractivity contribution in [3.8, 4) is 0 Å². The zero-order valence-corrected chi connectivity index (χ0v) is 23.5. The van der Waals surface area contributed by atoms with Crippen molar-refractivity contribution in [2.75, 3.05) is 5.01 Å². The minimum Gasteiger partial charge on any atom is -0.455 e. The Balaban J connectivity index is 1.29. The number of hydrazone groups is 1. The molecule has 2 aliphatic rings.